The van der Waals surface area contributed by atoms with Gasteiger partial charge in [-0.25, -0.2) is 0 Å². The van der Waals surface area contributed by atoms with Crippen molar-refractivity contribution in [1.29, 1.82) is 0 Å². The van der Waals surface area contributed by atoms with Crippen molar-refractivity contribution in [2.45, 2.75) is 6.92 Å². The molecule has 0 fully saturated rings. The van der Waals surface area contributed by atoms with Crippen molar-refractivity contribution in [1.82, 2.24) is 0 Å². The maximum atomic E-state index is 12.6. The number of ketones is 1. The van der Waals surface area contributed by atoms with Gasteiger partial charge in [-0.1, -0.05) is 0 Å². The number of benzene rings is 2. The second-order valence-electron chi connectivity index (χ2n) is 4.47. The number of methoxy groups -OCH3 is 2. The van der Waals surface area contributed by atoms with Gasteiger partial charge in [0.15, 0.2) is 5.78 Å². The van der Waals surface area contributed by atoms with Crippen molar-refractivity contribution in [2.75, 3.05) is 20.0 Å². The highest BCUT2D eigenvalue weighted by atomic mass is 16.5. The summed E-state index contributed by atoms with van der Waals surface area (Å²) in [5, 5.41) is 0. The molecular formula is C16H17NO3. The van der Waals surface area contributed by atoms with E-state index < -0.39 is 0 Å². The molecule has 0 radical (unpaired) electrons. The maximum Gasteiger partial charge on any atom is 0.196 e. The van der Waals surface area contributed by atoms with Gasteiger partial charge in [-0.3, -0.25) is 4.79 Å². The van der Waals surface area contributed by atoms with Crippen LogP contribution in [0.1, 0.15) is 21.5 Å². The van der Waals surface area contributed by atoms with Crippen LogP contribution in [0.3, 0.4) is 0 Å². The summed E-state index contributed by atoms with van der Waals surface area (Å²) in [6.45, 7) is 1.90. The molecule has 2 aromatic rings. The van der Waals surface area contributed by atoms with Crippen molar-refractivity contribution < 1.29 is 14.3 Å². The zero-order valence-corrected chi connectivity index (χ0v) is 11.8. The Bertz CT molecular complexity index is 650. The van der Waals surface area contributed by atoms with Crippen molar-refractivity contribution in [3.05, 3.63) is 53.1 Å². The van der Waals surface area contributed by atoms with Gasteiger partial charge in [0.2, 0.25) is 0 Å². The van der Waals surface area contributed by atoms with Crippen LogP contribution >= 0.6 is 0 Å². The highest BCUT2D eigenvalue weighted by molar-refractivity contribution is 6.11. The molecule has 0 atom stereocenters. The molecular weight excluding hydrogens is 254 g/mol. The molecule has 0 unspecified atom stereocenters. The number of anilines is 1. The van der Waals surface area contributed by atoms with Crippen molar-refractivity contribution >= 4 is 11.5 Å². The minimum absolute atomic E-state index is 0.125. The number of hydrogen-bond acceptors (Lipinski definition) is 4. The molecule has 4 nitrogen and oxygen atoms in total. The first kappa shape index (κ1) is 13.9. The molecule has 2 aromatic carbocycles. The predicted molar refractivity (Wildman–Crippen MR) is 78.6 cm³/mol. The molecule has 0 saturated carbocycles. The lowest BCUT2D eigenvalue weighted by Crippen LogP contribution is -2.05. The van der Waals surface area contributed by atoms with E-state index in [-0.39, 0.29) is 5.78 Å². The molecule has 20 heavy (non-hydrogen) atoms. The van der Waals surface area contributed by atoms with Crippen LogP contribution in [-0.4, -0.2) is 20.0 Å². The molecule has 0 spiro atoms. The average Bonchev–Trinajstić information content (AvgIpc) is 2.46. The van der Waals surface area contributed by atoms with Gasteiger partial charge in [-0.15, -0.1) is 0 Å². The van der Waals surface area contributed by atoms with E-state index in [1.165, 1.54) is 7.11 Å². The predicted octanol–water partition coefficient (Wildman–Crippen LogP) is 2.83. The highest BCUT2D eigenvalue weighted by Gasteiger charge is 2.15. The Hall–Kier alpha value is -2.49. The van der Waals surface area contributed by atoms with Crippen LogP contribution in [0, 0.1) is 6.92 Å². The molecule has 0 heterocycles. The number of ether oxygens (including phenoxy) is 2. The number of carbonyl (C=O) groups is 1. The number of carbonyl (C=O) groups excluding carboxylic acids is 1. The quantitative estimate of drug-likeness (QED) is 0.686. The Labute approximate surface area is 118 Å². The second kappa shape index (κ2) is 5.65. The van der Waals surface area contributed by atoms with Gasteiger partial charge < -0.3 is 15.2 Å². The van der Waals surface area contributed by atoms with Crippen LogP contribution in [-0.2, 0) is 0 Å². The largest absolute Gasteiger partial charge is 0.496 e. The van der Waals surface area contributed by atoms with Gasteiger partial charge >= 0.3 is 0 Å². The Balaban J connectivity index is 2.46. The van der Waals surface area contributed by atoms with Crippen molar-refractivity contribution in [2.24, 2.45) is 0 Å². The van der Waals surface area contributed by atoms with E-state index in [4.69, 9.17) is 15.2 Å². The fraction of sp³-hybridized carbons (Fsp3) is 0.188. The zero-order valence-electron chi connectivity index (χ0n) is 11.8. The molecule has 2 rings (SSSR count). The average molecular weight is 271 g/mol. The lowest BCUT2D eigenvalue weighted by Gasteiger charge is -2.10. The van der Waals surface area contributed by atoms with Crippen molar-refractivity contribution in [3.63, 3.8) is 0 Å². The molecule has 104 valence electrons. The Morgan fingerprint density at radius 3 is 2.25 bits per heavy atom. The van der Waals surface area contributed by atoms with Crippen LogP contribution < -0.4 is 15.2 Å². The topological polar surface area (TPSA) is 61.5 Å². The molecule has 0 saturated heterocycles. The van der Waals surface area contributed by atoms with Crippen LogP contribution in [0.15, 0.2) is 36.4 Å². The van der Waals surface area contributed by atoms with Crippen LogP contribution in [0.4, 0.5) is 5.69 Å². The third-order valence-electron chi connectivity index (χ3n) is 3.13. The van der Waals surface area contributed by atoms with Crippen molar-refractivity contribution in [3.8, 4) is 11.5 Å². The summed E-state index contributed by atoms with van der Waals surface area (Å²) in [7, 11) is 3.13. The third kappa shape index (κ3) is 2.59. The maximum absolute atomic E-state index is 12.6. The Morgan fingerprint density at radius 2 is 1.65 bits per heavy atom. The van der Waals surface area contributed by atoms with Crippen LogP contribution in [0.2, 0.25) is 0 Å². The minimum Gasteiger partial charge on any atom is -0.496 e. The number of hydrogen-bond donors (Lipinski definition) is 1. The van der Waals surface area contributed by atoms with Gasteiger partial charge in [0.1, 0.15) is 11.5 Å². The van der Waals surface area contributed by atoms with Crippen LogP contribution in [0.5, 0.6) is 11.5 Å². The van der Waals surface area contributed by atoms with E-state index in [2.05, 4.69) is 0 Å². The van der Waals surface area contributed by atoms with Gasteiger partial charge in [0.25, 0.3) is 0 Å². The number of nitrogens with two attached hydrogens (primary N) is 1. The van der Waals surface area contributed by atoms with Gasteiger partial charge in [0.05, 0.1) is 19.8 Å². The Kier molecular flexibility index (Phi) is 3.94. The molecule has 0 amide bonds. The fourth-order valence-electron chi connectivity index (χ4n) is 2.08. The third-order valence-corrected chi connectivity index (χ3v) is 3.13. The standard InChI is InChI=1S/C16H17NO3/c1-10-8-11(4-6-14(10)19-2)16(18)13-9-12(17)5-7-15(13)20-3/h4-9H,17H2,1-3H3. The van der Waals surface area contributed by atoms with E-state index in [0.717, 1.165) is 11.3 Å². The van der Waals surface area contributed by atoms with Gasteiger partial charge in [0, 0.05) is 11.3 Å². The molecule has 4 heteroatoms. The molecule has 0 aliphatic carbocycles. The molecule has 0 bridgehead atoms. The first-order chi connectivity index (χ1) is 9.56. The van der Waals surface area contributed by atoms with E-state index in [1.54, 1.807) is 43.5 Å². The molecule has 0 aromatic heterocycles. The lowest BCUT2D eigenvalue weighted by atomic mass is 10.00. The number of rotatable bonds is 4. The monoisotopic (exact) mass is 271 g/mol. The zero-order chi connectivity index (χ0) is 14.7. The SMILES string of the molecule is COc1ccc(C(=O)c2cc(N)ccc2OC)cc1C. The second-order valence-corrected chi connectivity index (χ2v) is 4.47. The summed E-state index contributed by atoms with van der Waals surface area (Å²) >= 11 is 0. The van der Waals surface area contributed by atoms with Gasteiger partial charge in [-0.05, 0) is 48.9 Å². The number of nitrogen functional groups attached to an aromatic ring is 1. The summed E-state index contributed by atoms with van der Waals surface area (Å²) in [6, 6.07) is 10.3. The van der Waals surface area contributed by atoms with Crippen LogP contribution in [0.25, 0.3) is 0 Å². The summed E-state index contributed by atoms with van der Waals surface area (Å²) in [4.78, 5) is 12.6. The van der Waals surface area contributed by atoms with E-state index in [1.807, 2.05) is 6.92 Å². The Morgan fingerprint density at radius 1 is 1.00 bits per heavy atom. The summed E-state index contributed by atoms with van der Waals surface area (Å²) in [6.07, 6.45) is 0. The smallest absolute Gasteiger partial charge is 0.196 e. The molecule has 0 aliphatic rings. The highest BCUT2D eigenvalue weighted by Crippen LogP contribution is 2.26. The summed E-state index contributed by atoms with van der Waals surface area (Å²) in [5.41, 5.74) is 8.21. The van der Waals surface area contributed by atoms with Gasteiger partial charge in [-0.2, -0.15) is 0 Å². The summed E-state index contributed by atoms with van der Waals surface area (Å²) in [5.74, 6) is 1.14. The summed E-state index contributed by atoms with van der Waals surface area (Å²) < 4.78 is 10.4. The number of aryl methyl sites for hydroxylation is 1. The first-order valence-corrected chi connectivity index (χ1v) is 6.19. The van der Waals surface area contributed by atoms with E-state index >= 15 is 0 Å². The fourth-order valence-corrected chi connectivity index (χ4v) is 2.08. The molecule has 0 aliphatic heterocycles. The van der Waals surface area contributed by atoms with E-state index in [9.17, 15) is 4.79 Å². The molecule has 2 N–H and O–H groups in total. The lowest BCUT2D eigenvalue weighted by molar-refractivity contribution is 0.103. The normalized spacial score (nSPS) is 10.2. The first-order valence-electron chi connectivity index (χ1n) is 6.19. The minimum atomic E-state index is -0.125. The van der Waals surface area contributed by atoms with E-state index in [0.29, 0.717) is 22.6 Å².